The lowest BCUT2D eigenvalue weighted by Gasteiger charge is -2.07. The first kappa shape index (κ1) is 13.5. The highest BCUT2D eigenvalue weighted by Crippen LogP contribution is 2.24. The third-order valence-corrected chi connectivity index (χ3v) is 3.56. The highest BCUT2D eigenvalue weighted by molar-refractivity contribution is 5.93. The van der Waals surface area contributed by atoms with Gasteiger partial charge in [0.05, 0.1) is 0 Å². The summed E-state index contributed by atoms with van der Waals surface area (Å²) in [5, 5.41) is 3.11. The number of anilines is 1. The van der Waals surface area contributed by atoms with Crippen molar-refractivity contribution in [3.05, 3.63) is 46.8 Å². The van der Waals surface area contributed by atoms with Gasteiger partial charge in [-0.3, -0.25) is 0 Å². The van der Waals surface area contributed by atoms with E-state index in [0.717, 1.165) is 23.5 Å². The molecule has 2 aromatic rings. The van der Waals surface area contributed by atoms with Gasteiger partial charge in [-0.25, -0.2) is 9.97 Å². The fourth-order valence-electron chi connectivity index (χ4n) is 2.69. The summed E-state index contributed by atoms with van der Waals surface area (Å²) >= 11 is 0. The summed E-state index contributed by atoms with van der Waals surface area (Å²) in [7, 11) is 0. The first-order valence-electron chi connectivity index (χ1n) is 7.15. The molecule has 1 aromatic carbocycles. The van der Waals surface area contributed by atoms with Crippen LogP contribution >= 0.6 is 0 Å². The van der Waals surface area contributed by atoms with Crippen LogP contribution in [0, 0.1) is 13.8 Å². The SMILES string of the molecule is Cc1cc(C)nc(/N=C(/N)Nc2ccc3c(c2)CCC3)n1. The van der Waals surface area contributed by atoms with Crippen molar-refractivity contribution >= 4 is 17.6 Å². The molecule has 1 heterocycles. The molecule has 1 aromatic heterocycles. The number of rotatable bonds is 2. The van der Waals surface area contributed by atoms with Crippen LogP contribution in [0.15, 0.2) is 29.3 Å². The Morgan fingerprint density at radius 1 is 1.10 bits per heavy atom. The normalized spacial score (nSPS) is 14.1. The number of aromatic nitrogens is 2. The van der Waals surface area contributed by atoms with Crippen molar-refractivity contribution in [3.8, 4) is 0 Å². The molecular weight excluding hydrogens is 262 g/mol. The number of nitrogens with zero attached hydrogens (tertiary/aromatic N) is 3. The summed E-state index contributed by atoms with van der Waals surface area (Å²) in [4.78, 5) is 12.7. The van der Waals surface area contributed by atoms with E-state index in [9.17, 15) is 0 Å². The van der Waals surface area contributed by atoms with E-state index < -0.39 is 0 Å². The van der Waals surface area contributed by atoms with Crippen LogP contribution in [0.2, 0.25) is 0 Å². The summed E-state index contributed by atoms with van der Waals surface area (Å²) in [6.07, 6.45) is 3.55. The molecule has 5 nitrogen and oxygen atoms in total. The number of aliphatic imine (C=N–C) groups is 1. The zero-order valence-electron chi connectivity index (χ0n) is 12.3. The standard InChI is InChI=1S/C16H19N5/c1-10-8-11(2)19-16(18-10)21-15(17)20-14-7-6-12-4-3-5-13(12)9-14/h6-9H,3-5H2,1-2H3,(H3,17,18,19,20,21). The van der Waals surface area contributed by atoms with Gasteiger partial charge in [0.25, 0.3) is 5.95 Å². The van der Waals surface area contributed by atoms with Gasteiger partial charge in [-0.05, 0) is 62.4 Å². The lowest BCUT2D eigenvalue weighted by molar-refractivity contribution is 0.912. The van der Waals surface area contributed by atoms with Gasteiger partial charge in [-0.1, -0.05) is 6.07 Å². The number of nitrogens with one attached hydrogen (secondary N) is 1. The molecule has 0 bridgehead atoms. The molecule has 108 valence electrons. The number of nitrogens with two attached hydrogens (primary N) is 1. The predicted octanol–water partition coefficient (Wildman–Crippen LogP) is 2.64. The van der Waals surface area contributed by atoms with Crippen LogP contribution in [-0.2, 0) is 12.8 Å². The predicted molar refractivity (Wildman–Crippen MR) is 84.9 cm³/mol. The monoisotopic (exact) mass is 281 g/mol. The van der Waals surface area contributed by atoms with E-state index in [1.54, 1.807) is 0 Å². The number of guanidine groups is 1. The minimum Gasteiger partial charge on any atom is -0.369 e. The molecule has 5 heteroatoms. The Morgan fingerprint density at radius 3 is 2.57 bits per heavy atom. The Kier molecular flexibility index (Phi) is 3.56. The average Bonchev–Trinajstić information content (AvgIpc) is 2.84. The summed E-state index contributed by atoms with van der Waals surface area (Å²) in [6, 6.07) is 8.25. The van der Waals surface area contributed by atoms with E-state index in [0.29, 0.717) is 11.9 Å². The Labute approximate surface area is 124 Å². The van der Waals surface area contributed by atoms with Crippen molar-refractivity contribution < 1.29 is 0 Å². The van der Waals surface area contributed by atoms with Crippen molar-refractivity contribution in [3.63, 3.8) is 0 Å². The molecule has 21 heavy (non-hydrogen) atoms. The number of hydrogen-bond donors (Lipinski definition) is 2. The fraction of sp³-hybridized carbons (Fsp3) is 0.312. The first-order valence-corrected chi connectivity index (χ1v) is 7.15. The van der Waals surface area contributed by atoms with Crippen LogP contribution in [0.3, 0.4) is 0 Å². The highest BCUT2D eigenvalue weighted by atomic mass is 15.2. The van der Waals surface area contributed by atoms with E-state index in [-0.39, 0.29) is 0 Å². The summed E-state index contributed by atoms with van der Waals surface area (Å²) in [6.45, 7) is 3.83. The van der Waals surface area contributed by atoms with Crippen molar-refractivity contribution in [1.29, 1.82) is 0 Å². The number of fused-ring (bicyclic) bond motifs is 1. The maximum atomic E-state index is 5.94. The molecule has 0 aliphatic heterocycles. The largest absolute Gasteiger partial charge is 0.369 e. The van der Waals surface area contributed by atoms with Crippen molar-refractivity contribution in [2.45, 2.75) is 33.1 Å². The van der Waals surface area contributed by atoms with Gasteiger partial charge in [0, 0.05) is 17.1 Å². The molecule has 1 aliphatic rings. The Balaban J connectivity index is 1.79. The van der Waals surface area contributed by atoms with Gasteiger partial charge in [0.1, 0.15) is 0 Å². The Morgan fingerprint density at radius 2 is 1.81 bits per heavy atom. The zero-order valence-corrected chi connectivity index (χ0v) is 12.3. The maximum Gasteiger partial charge on any atom is 0.253 e. The van der Waals surface area contributed by atoms with Gasteiger partial charge in [0.15, 0.2) is 0 Å². The minimum atomic E-state index is 0.304. The van der Waals surface area contributed by atoms with Gasteiger partial charge < -0.3 is 11.1 Å². The molecular formula is C16H19N5. The second-order valence-electron chi connectivity index (χ2n) is 5.41. The average molecular weight is 281 g/mol. The molecule has 3 rings (SSSR count). The topological polar surface area (TPSA) is 76.2 Å². The van der Waals surface area contributed by atoms with E-state index in [1.165, 1.54) is 24.0 Å². The van der Waals surface area contributed by atoms with Crippen LogP contribution in [0.5, 0.6) is 0 Å². The van der Waals surface area contributed by atoms with Gasteiger partial charge in [-0.15, -0.1) is 0 Å². The van der Waals surface area contributed by atoms with Crippen molar-refractivity contribution in [2.75, 3.05) is 5.32 Å². The van der Waals surface area contributed by atoms with E-state index in [4.69, 9.17) is 5.73 Å². The second-order valence-corrected chi connectivity index (χ2v) is 5.41. The van der Waals surface area contributed by atoms with E-state index in [1.807, 2.05) is 26.0 Å². The number of aryl methyl sites for hydroxylation is 4. The van der Waals surface area contributed by atoms with Crippen LogP contribution in [0.1, 0.15) is 28.9 Å². The summed E-state index contributed by atoms with van der Waals surface area (Å²) in [5.74, 6) is 0.691. The van der Waals surface area contributed by atoms with Gasteiger partial charge in [-0.2, -0.15) is 4.99 Å². The molecule has 0 radical (unpaired) electrons. The maximum absolute atomic E-state index is 5.94. The molecule has 3 N–H and O–H groups in total. The molecule has 0 atom stereocenters. The van der Waals surface area contributed by atoms with E-state index in [2.05, 4.69) is 32.4 Å². The molecule has 0 fully saturated rings. The first-order chi connectivity index (χ1) is 10.1. The number of hydrogen-bond acceptors (Lipinski definition) is 3. The lowest BCUT2D eigenvalue weighted by Crippen LogP contribution is -2.22. The summed E-state index contributed by atoms with van der Waals surface area (Å²) < 4.78 is 0. The van der Waals surface area contributed by atoms with Crippen molar-refractivity contribution in [2.24, 2.45) is 10.7 Å². The Bertz CT molecular complexity index is 686. The molecule has 0 saturated carbocycles. The zero-order chi connectivity index (χ0) is 14.8. The molecule has 0 amide bonds. The van der Waals surface area contributed by atoms with Gasteiger partial charge >= 0.3 is 0 Å². The smallest absolute Gasteiger partial charge is 0.253 e. The van der Waals surface area contributed by atoms with Crippen LogP contribution in [-0.4, -0.2) is 15.9 Å². The molecule has 0 unspecified atom stereocenters. The highest BCUT2D eigenvalue weighted by Gasteiger charge is 2.11. The van der Waals surface area contributed by atoms with Crippen LogP contribution < -0.4 is 11.1 Å². The number of benzene rings is 1. The second kappa shape index (κ2) is 5.52. The third kappa shape index (κ3) is 3.18. The van der Waals surface area contributed by atoms with Crippen molar-refractivity contribution in [1.82, 2.24) is 9.97 Å². The molecule has 0 spiro atoms. The van der Waals surface area contributed by atoms with E-state index >= 15 is 0 Å². The minimum absolute atomic E-state index is 0.304. The Hall–Kier alpha value is -2.43. The van der Waals surface area contributed by atoms with Gasteiger partial charge in [0.2, 0.25) is 5.96 Å². The molecule has 0 saturated heterocycles. The van der Waals surface area contributed by atoms with Crippen LogP contribution in [0.4, 0.5) is 11.6 Å². The summed E-state index contributed by atoms with van der Waals surface area (Å²) in [5.41, 5.74) is 11.5. The lowest BCUT2D eigenvalue weighted by atomic mass is 10.1. The quantitative estimate of drug-likeness (QED) is 0.655. The third-order valence-electron chi connectivity index (χ3n) is 3.56. The fourth-order valence-corrected chi connectivity index (χ4v) is 2.69. The van der Waals surface area contributed by atoms with Crippen LogP contribution in [0.25, 0.3) is 0 Å². The molecule has 1 aliphatic carbocycles.